The number of rotatable bonds is 1. The van der Waals surface area contributed by atoms with E-state index in [4.69, 9.17) is 4.74 Å². The lowest BCUT2D eigenvalue weighted by Crippen LogP contribution is -2.23. The van der Waals surface area contributed by atoms with E-state index in [-0.39, 0.29) is 11.5 Å². The van der Waals surface area contributed by atoms with Gasteiger partial charge in [-0.25, -0.2) is 0 Å². The smallest absolute Gasteiger partial charge is 0.150 e. The summed E-state index contributed by atoms with van der Waals surface area (Å²) in [7, 11) is 0. The predicted molar refractivity (Wildman–Crippen MR) is 89.0 cm³/mol. The maximum atomic E-state index is 6.13. The summed E-state index contributed by atoms with van der Waals surface area (Å²) in [6.45, 7) is 7.49. The maximum absolute atomic E-state index is 6.13. The van der Waals surface area contributed by atoms with Gasteiger partial charge in [0.2, 0.25) is 0 Å². The molecular weight excluding hydrogens is 334 g/mol. The topological polar surface area (TPSA) is 21.3 Å². The summed E-state index contributed by atoms with van der Waals surface area (Å²) < 4.78 is 7.25. The number of hydrogen-bond donors (Lipinski definition) is 1. The Labute approximate surface area is 132 Å². The largest absolute Gasteiger partial charge is 0.481 e. The van der Waals surface area contributed by atoms with Crippen LogP contribution in [0.3, 0.4) is 0 Å². The number of ether oxygens (including phenoxy) is 1. The van der Waals surface area contributed by atoms with Crippen molar-refractivity contribution >= 4 is 33.0 Å². The molecule has 1 N–H and O–H groups in total. The molecule has 20 heavy (non-hydrogen) atoms. The van der Waals surface area contributed by atoms with Crippen molar-refractivity contribution in [3.8, 4) is 5.75 Å². The minimum atomic E-state index is 0.0966. The van der Waals surface area contributed by atoms with Crippen LogP contribution in [0.2, 0.25) is 0 Å². The van der Waals surface area contributed by atoms with Crippen LogP contribution in [0.4, 0.5) is 5.69 Å². The Bertz CT molecular complexity index is 630. The SMILES string of the molecule is CC(C)(C)c1ccc2c(c1)NCC(c1cc(Br)cs1)O2. The Balaban J connectivity index is 1.86. The van der Waals surface area contributed by atoms with Crippen molar-refractivity contribution in [1.82, 2.24) is 0 Å². The number of thiophene rings is 1. The third-order valence-electron chi connectivity index (χ3n) is 3.50. The van der Waals surface area contributed by atoms with Crippen molar-refractivity contribution in [2.24, 2.45) is 0 Å². The highest BCUT2D eigenvalue weighted by molar-refractivity contribution is 9.10. The summed E-state index contributed by atoms with van der Waals surface area (Å²) in [5.41, 5.74) is 2.58. The quantitative estimate of drug-likeness (QED) is 0.747. The molecule has 2 nitrogen and oxygen atoms in total. The normalized spacial score (nSPS) is 18.1. The summed E-state index contributed by atoms with van der Waals surface area (Å²) in [5, 5.41) is 5.59. The van der Waals surface area contributed by atoms with Crippen LogP contribution in [0, 0.1) is 0 Å². The van der Waals surface area contributed by atoms with Crippen molar-refractivity contribution in [2.45, 2.75) is 32.3 Å². The van der Waals surface area contributed by atoms with Crippen LogP contribution in [0.5, 0.6) is 5.75 Å². The molecule has 1 aromatic heterocycles. The molecule has 1 aliphatic rings. The molecule has 0 amide bonds. The second-order valence-electron chi connectivity index (χ2n) is 6.12. The molecule has 3 rings (SSSR count). The van der Waals surface area contributed by atoms with Gasteiger partial charge in [0.15, 0.2) is 6.10 Å². The fraction of sp³-hybridized carbons (Fsp3) is 0.375. The lowest BCUT2D eigenvalue weighted by molar-refractivity contribution is 0.214. The van der Waals surface area contributed by atoms with Gasteiger partial charge in [0.1, 0.15) is 5.75 Å². The van der Waals surface area contributed by atoms with E-state index >= 15 is 0 Å². The number of halogens is 1. The van der Waals surface area contributed by atoms with Gasteiger partial charge >= 0.3 is 0 Å². The molecule has 0 saturated carbocycles. The van der Waals surface area contributed by atoms with Gasteiger partial charge in [0.05, 0.1) is 12.2 Å². The van der Waals surface area contributed by atoms with Crippen molar-refractivity contribution in [1.29, 1.82) is 0 Å². The summed E-state index contributed by atoms with van der Waals surface area (Å²) in [6, 6.07) is 8.58. The summed E-state index contributed by atoms with van der Waals surface area (Å²) in [5.74, 6) is 0.943. The average Bonchev–Trinajstić information content (AvgIpc) is 2.83. The minimum Gasteiger partial charge on any atom is -0.481 e. The summed E-state index contributed by atoms with van der Waals surface area (Å²) >= 11 is 5.22. The number of nitrogens with one attached hydrogen (secondary N) is 1. The van der Waals surface area contributed by atoms with Gasteiger partial charge < -0.3 is 10.1 Å². The summed E-state index contributed by atoms with van der Waals surface area (Å²) in [4.78, 5) is 1.25. The second-order valence-corrected chi connectivity index (χ2v) is 7.97. The highest BCUT2D eigenvalue weighted by Crippen LogP contribution is 2.39. The molecule has 1 atom stereocenters. The first-order valence-electron chi connectivity index (χ1n) is 6.72. The molecule has 0 bridgehead atoms. The molecule has 0 fully saturated rings. The molecule has 0 aliphatic carbocycles. The van der Waals surface area contributed by atoms with Gasteiger partial charge in [-0.3, -0.25) is 0 Å². The molecule has 0 radical (unpaired) electrons. The Morgan fingerprint density at radius 3 is 2.75 bits per heavy atom. The lowest BCUT2D eigenvalue weighted by atomic mass is 9.86. The molecule has 2 heterocycles. The fourth-order valence-electron chi connectivity index (χ4n) is 2.29. The van der Waals surface area contributed by atoms with Crippen LogP contribution in [0.1, 0.15) is 37.3 Å². The van der Waals surface area contributed by atoms with Crippen LogP contribution < -0.4 is 10.1 Å². The zero-order valence-electron chi connectivity index (χ0n) is 11.9. The molecule has 1 aromatic carbocycles. The van der Waals surface area contributed by atoms with Crippen molar-refractivity contribution < 1.29 is 4.74 Å². The van der Waals surface area contributed by atoms with Gasteiger partial charge in [-0.2, -0.15) is 0 Å². The first-order chi connectivity index (χ1) is 9.43. The van der Waals surface area contributed by atoms with Gasteiger partial charge in [-0.05, 0) is 45.1 Å². The zero-order valence-corrected chi connectivity index (χ0v) is 14.3. The van der Waals surface area contributed by atoms with Crippen LogP contribution in [-0.2, 0) is 5.41 Å². The maximum Gasteiger partial charge on any atom is 0.150 e. The van der Waals surface area contributed by atoms with Crippen LogP contribution in [-0.4, -0.2) is 6.54 Å². The number of hydrogen-bond acceptors (Lipinski definition) is 3. The Hall–Kier alpha value is -1.000. The highest BCUT2D eigenvalue weighted by Gasteiger charge is 2.24. The van der Waals surface area contributed by atoms with E-state index in [0.717, 1.165) is 22.5 Å². The Morgan fingerprint density at radius 1 is 1.30 bits per heavy atom. The van der Waals surface area contributed by atoms with Crippen LogP contribution in [0.15, 0.2) is 34.1 Å². The van der Waals surface area contributed by atoms with E-state index < -0.39 is 0 Å². The average molecular weight is 352 g/mol. The predicted octanol–water partition coefficient (Wildman–Crippen LogP) is 5.35. The van der Waals surface area contributed by atoms with Crippen LogP contribution >= 0.6 is 27.3 Å². The fourth-order valence-corrected chi connectivity index (χ4v) is 3.76. The third kappa shape index (κ3) is 2.72. The minimum absolute atomic E-state index is 0.0966. The van der Waals surface area contributed by atoms with Crippen molar-refractivity contribution in [2.75, 3.05) is 11.9 Å². The molecular formula is C16H18BrNOS. The lowest BCUT2D eigenvalue weighted by Gasteiger charge is -2.29. The zero-order chi connectivity index (χ0) is 14.3. The first kappa shape index (κ1) is 14.0. The molecule has 0 saturated heterocycles. The second kappa shape index (κ2) is 5.08. The van der Waals surface area contributed by atoms with E-state index in [2.05, 4.69) is 71.7 Å². The molecule has 2 aromatic rings. The molecule has 1 aliphatic heterocycles. The Kier molecular flexibility index (Phi) is 3.55. The standard InChI is InChI=1S/C16H18BrNOS/c1-16(2,3)10-4-5-13-12(6-10)18-8-14(19-13)15-7-11(17)9-20-15/h4-7,9,14,18H,8H2,1-3H3. The first-order valence-corrected chi connectivity index (χ1v) is 8.40. The van der Waals surface area contributed by atoms with Gasteiger partial charge in [0.25, 0.3) is 0 Å². The Morgan fingerprint density at radius 2 is 2.10 bits per heavy atom. The molecule has 0 spiro atoms. The van der Waals surface area contributed by atoms with E-state index in [0.29, 0.717) is 0 Å². The van der Waals surface area contributed by atoms with E-state index in [1.807, 2.05) is 0 Å². The molecule has 1 unspecified atom stereocenters. The van der Waals surface area contributed by atoms with Gasteiger partial charge in [-0.15, -0.1) is 11.3 Å². The third-order valence-corrected chi connectivity index (χ3v) is 5.28. The van der Waals surface area contributed by atoms with E-state index in [1.165, 1.54) is 10.4 Å². The number of benzene rings is 1. The number of fused-ring (bicyclic) bond motifs is 1. The van der Waals surface area contributed by atoms with Gasteiger partial charge in [-0.1, -0.05) is 26.8 Å². The molecule has 106 valence electrons. The molecule has 4 heteroatoms. The summed E-state index contributed by atoms with van der Waals surface area (Å²) in [6.07, 6.45) is 0.0966. The van der Waals surface area contributed by atoms with Gasteiger partial charge in [0, 0.05) is 14.7 Å². The van der Waals surface area contributed by atoms with Crippen molar-refractivity contribution in [3.63, 3.8) is 0 Å². The van der Waals surface area contributed by atoms with E-state index in [1.54, 1.807) is 11.3 Å². The van der Waals surface area contributed by atoms with E-state index in [9.17, 15) is 0 Å². The van der Waals surface area contributed by atoms with Crippen molar-refractivity contribution in [3.05, 3.63) is 44.6 Å². The highest BCUT2D eigenvalue weighted by atomic mass is 79.9. The monoisotopic (exact) mass is 351 g/mol. The number of anilines is 1. The van der Waals surface area contributed by atoms with Crippen LogP contribution in [0.25, 0.3) is 0 Å².